The van der Waals surface area contributed by atoms with E-state index in [1.54, 1.807) is 0 Å². The molecule has 0 aliphatic heterocycles. The molecular formula is C52H33N3. The third kappa shape index (κ3) is 5.13. The first kappa shape index (κ1) is 31.2. The molecule has 2 heterocycles. The van der Waals surface area contributed by atoms with Gasteiger partial charge in [-0.2, -0.15) is 0 Å². The Morgan fingerprint density at radius 1 is 0.309 bits per heavy atom. The Hall–Kier alpha value is -7.36. The Morgan fingerprint density at radius 2 is 0.855 bits per heavy atom. The van der Waals surface area contributed by atoms with Crippen LogP contribution in [0.25, 0.3) is 105 Å². The number of benzene rings is 9. The van der Waals surface area contributed by atoms with Gasteiger partial charge in [0, 0.05) is 33.2 Å². The minimum Gasteiger partial charge on any atom is -0.309 e. The van der Waals surface area contributed by atoms with E-state index in [4.69, 9.17) is 9.97 Å². The zero-order valence-corrected chi connectivity index (χ0v) is 29.9. The van der Waals surface area contributed by atoms with Crippen LogP contribution in [0.15, 0.2) is 200 Å². The first-order valence-corrected chi connectivity index (χ1v) is 18.7. The maximum atomic E-state index is 5.24. The number of hydrogen-bond donors (Lipinski definition) is 0. The second-order valence-corrected chi connectivity index (χ2v) is 14.1. The van der Waals surface area contributed by atoms with Crippen LogP contribution in [0.5, 0.6) is 0 Å². The summed E-state index contributed by atoms with van der Waals surface area (Å²) in [6.45, 7) is 0. The molecule has 0 N–H and O–H groups in total. The zero-order chi connectivity index (χ0) is 36.3. The lowest BCUT2D eigenvalue weighted by Crippen LogP contribution is -1.96. The average molecular weight is 700 g/mol. The molecule has 0 bridgehead atoms. The minimum atomic E-state index is 0.715. The van der Waals surface area contributed by atoms with Crippen LogP contribution in [-0.2, 0) is 0 Å². The van der Waals surface area contributed by atoms with Crippen LogP contribution >= 0.6 is 0 Å². The normalized spacial score (nSPS) is 11.6. The quantitative estimate of drug-likeness (QED) is 0.167. The Balaban J connectivity index is 1.12. The summed E-state index contributed by atoms with van der Waals surface area (Å²) in [6, 6.07) is 71.5. The highest BCUT2D eigenvalue weighted by Gasteiger charge is 2.18. The van der Waals surface area contributed by atoms with Crippen molar-refractivity contribution in [2.45, 2.75) is 0 Å². The van der Waals surface area contributed by atoms with Crippen molar-refractivity contribution in [3.05, 3.63) is 200 Å². The van der Waals surface area contributed by atoms with Gasteiger partial charge in [-0.3, -0.25) is 0 Å². The van der Waals surface area contributed by atoms with Crippen molar-refractivity contribution in [2.75, 3.05) is 0 Å². The van der Waals surface area contributed by atoms with E-state index in [0.29, 0.717) is 5.82 Å². The number of fused-ring (bicyclic) bond motifs is 9. The third-order valence-corrected chi connectivity index (χ3v) is 11.0. The smallest absolute Gasteiger partial charge is 0.160 e. The highest BCUT2D eigenvalue weighted by Crippen LogP contribution is 2.42. The highest BCUT2D eigenvalue weighted by molar-refractivity contribution is 6.28. The molecule has 0 amide bonds. The van der Waals surface area contributed by atoms with Crippen molar-refractivity contribution in [1.82, 2.24) is 14.5 Å². The van der Waals surface area contributed by atoms with Crippen LogP contribution in [0.3, 0.4) is 0 Å². The van der Waals surface area contributed by atoms with E-state index in [1.807, 2.05) is 24.3 Å². The summed E-state index contributed by atoms with van der Waals surface area (Å²) >= 11 is 0. The fourth-order valence-electron chi connectivity index (χ4n) is 8.46. The summed E-state index contributed by atoms with van der Waals surface area (Å²) < 4.78 is 2.37. The molecule has 0 saturated carbocycles. The highest BCUT2D eigenvalue weighted by atomic mass is 15.0. The number of hydrogen-bond acceptors (Lipinski definition) is 2. The molecule has 0 radical (unpaired) electrons. The van der Waals surface area contributed by atoms with Gasteiger partial charge in [0.2, 0.25) is 0 Å². The molecule has 55 heavy (non-hydrogen) atoms. The summed E-state index contributed by atoms with van der Waals surface area (Å²) in [5.74, 6) is 0.715. The van der Waals surface area contributed by atoms with Crippen LogP contribution in [0.2, 0.25) is 0 Å². The van der Waals surface area contributed by atoms with E-state index in [1.165, 1.54) is 70.9 Å². The Labute approximate surface area is 318 Å². The van der Waals surface area contributed by atoms with Crippen molar-refractivity contribution in [2.24, 2.45) is 0 Å². The fourth-order valence-corrected chi connectivity index (χ4v) is 8.46. The van der Waals surface area contributed by atoms with Crippen LogP contribution in [0.4, 0.5) is 0 Å². The van der Waals surface area contributed by atoms with Crippen molar-refractivity contribution >= 4 is 54.1 Å². The molecule has 11 rings (SSSR count). The summed E-state index contributed by atoms with van der Waals surface area (Å²) in [4.78, 5) is 10.3. The Kier molecular flexibility index (Phi) is 7.17. The molecule has 256 valence electrons. The summed E-state index contributed by atoms with van der Waals surface area (Å²) in [5, 5.41) is 9.81. The predicted molar refractivity (Wildman–Crippen MR) is 231 cm³/mol. The van der Waals surface area contributed by atoms with Gasteiger partial charge in [-0.1, -0.05) is 158 Å². The summed E-state index contributed by atoms with van der Waals surface area (Å²) in [7, 11) is 0. The van der Waals surface area contributed by atoms with Crippen molar-refractivity contribution in [3.8, 4) is 50.7 Å². The van der Waals surface area contributed by atoms with Gasteiger partial charge in [0.1, 0.15) is 0 Å². The van der Waals surface area contributed by atoms with Crippen molar-refractivity contribution in [1.29, 1.82) is 0 Å². The molecule has 0 aliphatic rings. The molecule has 9 aromatic carbocycles. The van der Waals surface area contributed by atoms with Crippen molar-refractivity contribution in [3.63, 3.8) is 0 Å². The van der Waals surface area contributed by atoms with Crippen molar-refractivity contribution < 1.29 is 0 Å². The predicted octanol–water partition coefficient (Wildman–Crippen LogP) is 13.7. The van der Waals surface area contributed by atoms with Gasteiger partial charge in [-0.05, 0) is 85.9 Å². The Morgan fingerprint density at radius 3 is 1.62 bits per heavy atom. The first-order valence-electron chi connectivity index (χ1n) is 18.7. The standard InChI is InChI=1S/C52H33N3/c1-4-15-34(16-5-1)47-33-48(54-52(53-47)35-17-6-2-7-18-35)44-25-14-24-43-40-29-27-36(31-45(40)39-21-10-11-23-42(39)51(43)44)37-28-30-50-46(32-37)41-22-12-13-26-49(41)55(50)38-19-8-3-9-20-38/h1-33H. The van der Waals surface area contributed by atoms with Gasteiger partial charge >= 0.3 is 0 Å². The Bertz CT molecular complexity index is 3150. The van der Waals surface area contributed by atoms with Gasteiger partial charge in [0.25, 0.3) is 0 Å². The number of rotatable bonds is 5. The lowest BCUT2D eigenvalue weighted by atomic mass is 9.89. The SMILES string of the molecule is c1ccc(-c2cc(-c3cccc4c5ccc(-c6ccc7c(c6)c6ccccc6n7-c6ccccc6)cc5c5ccccc5c34)nc(-c3ccccc3)n2)cc1. The van der Waals surface area contributed by atoms with Gasteiger partial charge in [-0.25, -0.2) is 9.97 Å². The fraction of sp³-hybridized carbons (Fsp3) is 0. The van der Waals surface area contributed by atoms with Crippen LogP contribution in [0, 0.1) is 0 Å². The van der Waals surface area contributed by atoms with E-state index in [0.717, 1.165) is 28.1 Å². The number of aromatic nitrogens is 3. The molecule has 3 heteroatoms. The molecule has 0 aliphatic carbocycles. The van der Waals surface area contributed by atoms with E-state index in [2.05, 4.69) is 180 Å². The van der Waals surface area contributed by atoms with Crippen LogP contribution < -0.4 is 0 Å². The van der Waals surface area contributed by atoms with E-state index >= 15 is 0 Å². The van der Waals surface area contributed by atoms with Gasteiger partial charge in [0.15, 0.2) is 5.82 Å². The molecule has 11 aromatic rings. The monoisotopic (exact) mass is 699 g/mol. The van der Waals surface area contributed by atoms with E-state index < -0.39 is 0 Å². The molecule has 0 unspecified atom stereocenters. The second kappa shape index (κ2) is 12.6. The zero-order valence-electron chi connectivity index (χ0n) is 29.9. The molecular weight excluding hydrogens is 667 g/mol. The largest absolute Gasteiger partial charge is 0.309 e. The minimum absolute atomic E-state index is 0.715. The maximum absolute atomic E-state index is 5.24. The summed E-state index contributed by atoms with van der Waals surface area (Å²) in [6.07, 6.45) is 0. The lowest BCUT2D eigenvalue weighted by Gasteiger charge is -2.16. The molecule has 0 fully saturated rings. The van der Waals surface area contributed by atoms with E-state index in [9.17, 15) is 0 Å². The van der Waals surface area contributed by atoms with E-state index in [-0.39, 0.29) is 0 Å². The lowest BCUT2D eigenvalue weighted by molar-refractivity contribution is 1.18. The van der Waals surface area contributed by atoms with Gasteiger partial charge < -0.3 is 4.57 Å². The second-order valence-electron chi connectivity index (χ2n) is 14.1. The van der Waals surface area contributed by atoms with Crippen LogP contribution in [0.1, 0.15) is 0 Å². The molecule has 0 atom stereocenters. The van der Waals surface area contributed by atoms with Gasteiger partial charge in [0.05, 0.1) is 22.4 Å². The number of nitrogens with zero attached hydrogens (tertiary/aromatic N) is 3. The molecule has 2 aromatic heterocycles. The van der Waals surface area contributed by atoms with Gasteiger partial charge in [-0.15, -0.1) is 0 Å². The molecule has 0 saturated heterocycles. The topological polar surface area (TPSA) is 30.7 Å². The molecule has 3 nitrogen and oxygen atoms in total. The first-order chi connectivity index (χ1) is 27.3. The third-order valence-electron chi connectivity index (χ3n) is 11.0. The summed E-state index contributed by atoms with van der Waals surface area (Å²) in [5.41, 5.74) is 10.9. The molecule has 0 spiro atoms. The number of para-hydroxylation sites is 2. The van der Waals surface area contributed by atoms with Crippen LogP contribution in [-0.4, -0.2) is 14.5 Å². The maximum Gasteiger partial charge on any atom is 0.160 e. The average Bonchev–Trinajstić information content (AvgIpc) is 3.60.